The molecule has 0 aliphatic heterocycles. The third-order valence-corrected chi connectivity index (χ3v) is 5.14. The summed E-state index contributed by atoms with van der Waals surface area (Å²) in [6.07, 6.45) is 1.85. The van der Waals surface area contributed by atoms with E-state index in [1.165, 1.54) is 5.56 Å². The van der Waals surface area contributed by atoms with Gasteiger partial charge in [0, 0.05) is 0 Å². The molecule has 0 bridgehead atoms. The standard InChI is InChI=1S/C25H22BrNO2/c1-17-4-8-19(9-5-17)16-29-25-23(26)13-20(14-24(25)28-3)12-22(15-27)21-10-6-18(2)7-11-21/h4-14H,16H2,1-3H3/b22-12+. The second-order valence-corrected chi connectivity index (χ2v) is 7.70. The number of rotatable bonds is 6. The molecule has 3 rings (SSSR count). The number of methoxy groups -OCH3 is 1. The average Bonchev–Trinajstić information content (AvgIpc) is 2.72. The van der Waals surface area contributed by atoms with Crippen LogP contribution in [0.3, 0.4) is 0 Å². The molecule has 0 aliphatic rings. The summed E-state index contributed by atoms with van der Waals surface area (Å²) in [5.41, 5.74) is 5.78. The summed E-state index contributed by atoms with van der Waals surface area (Å²) >= 11 is 3.58. The summed E-state index contributed by atoms with van der Waals surface area (Å²) in [5, 5.41) is 9.60. The first-order valence-corrected chi connectivity index (χ1v) is 10.0. The van der Waals surface area contributed by atoms with E-state index in [1.807, 2.05) is 61.5 Å². The Labute approximate surface area is 180 Å². The first kappa shape index (κ1) is 20.7. The minimum Gasteiger partial charge on any atom is -0.493 e. The van der Waals surface area contributed by atoms with E-state index < -0.39 is 0 Å². The molecule has 146 valence electrons. The maximum absolute atomic E-state index is 9.60. The Hall–Kier alpha value is -3.03. The lowest BCUT2D eigenvalue weighted by molar-refractivity contribution is 0.282. The molecule has 0 aliphatic carbocycles. The van der Waals surface area contributed by atoms with Gasteiger partial charge in [-0.1, -0.05) is 59.7 Å². The molecule has 0 fully saturated rings. The SMILES string of the molecule is COc1cc(/C=C(\C#N)c2ccc(C)cc2)cc(Br)c1OCc1ccc(C)cc1. The Morgan fingerprint density at radius 2 is 1.62 bits per heavy atom. The largest absolute Gasteiger partial charge is 0.493 e. The van der Waals surface area contributed by atoms with Crippen LogP contribution in [0.2, 0.25) is 0 Å². The van der Waals surface area contributed by atoms with Crippen LogP contribution in [0.1, 0.15) is 27.8 Å². The molecule has 0 amide bonds. The van der Waals surface area contributed by atoms with E-state index >= 15 is 0 Å². The molecule has 3 nitrogen and oxygen atoms in total. The molecule has 0 saturated carbocycles. The van der Waals surface area contributed by atoms with Crippen LogP contribution < -0.4 is 9.47 Å². The van der Waals surface area contributed by atoms with Crippen LogP contribution >= 0.6 is 15.9 Å². The molecular weight excluding hydrogens is 426 g/mol. The highest BCUT2D eigenvalue weighted by Gasteiger charge is 2.12. The summed E-state index contributed by atoms with van der Waals surface area (Å²) in [6.45, 7) is 4.52. The van der Waals surface area contributed by atoms with Crippen molar-refractivity contribution in [3.05, 3.63) is 93.0 Å². The average molecular weight is 448 g/mol. The van der Waals surface area contributed by atoms with Gasteiger partial charge in [-0.05, 0) is 64.7 Å². The van der Waals surface area contributed by atoms with Gasteiger partial charge in [-0.25, -0.2) is 0 Å². The Bertz CT molecular complexity index is 1060. The first-order valence-electron chi connectivity index (χ1n) is 9.25. The molecule has 0 spiro atoms. The van der Waals surface area contributed by atoms with E-state index in [-0.39, 0.29) is 0 Å². The highest BCUT2D eigenvalue weighted by molar-refractivity contribution is 9.10. The summed E-state index contributed by atoms with van der Waals surface area (Å²) in [6, 6.07) is 22.2. The third kappa shape index (κ3) is 5.28. The summed E-state index contributed by atoms with van der Waals surface area (Å²) < 4.78 is 12.3. The van der Waals surface area contributed by atoms with Gasteiger partial charge in [0.05, 0.1) is 23.2 Å². The van der Waals surface area contributed by atoms with Crippen LogP contribution in [-0.4, -0.2) is 7.11 Å². The number of halogens is 1. The maximum Gasteiger partial charge on any atom is 0.175 e. The maximum atomic E-state index is 9.60. The van der Waals surface area contributed by atoms with Crippen molar-refractivity contribution in [3.63, 3.8) is 0 Å². The van der Waals surface area contributed by atoms with Gasteiger partial charge in [-0.3, -0.25) is 0 Å². The molecule has 0 unspecified atom stereocenters. The number of allylic oxidation sites excluding steroid dienone is 1. The molecule has 0 heterocycles. The smallest absolute Gasteiger partial charge is 0.175 e. The van der Waals surface area contributed by atoms with Gasteiger partial charge in [0.2, 0.25) is 0 Å². The van der Waals surface area contributed by atoms with Crippen LogP contribution in [0.5, 0.6) is 11.5 Å². The number of benzene rings is 3. The molecule has 3 aromatic rings. The predicted molar refractivity (Wildman–Crippen MR) is 121 cm³/mol. The van der Waals surface area contributed by atoms with E-state index in [0.717, 1.165) is 26.7 Å². The second-order valence-electron chi connectivity index (χ2n) is 6.84. The van der Waals surface area contributed by atoms with Crippen molar-refractivity contribution >= 4 is 27.6 Å². The molecule has 0 atom stereocenters. The van der Waals surface area contributed by atoms with Crippen LogP contribution in [0.4, 0.5) is 0 Å². The van der Waals surface area contributed by atoms with Crippen molar-refractivity contribution in [3.8, 4) is 17.6 Å². The lowest BCUT2D eigenvalue weighted by Gasteiger charge is -2.14. The second kappa shape index (κ2) is 9.45. The monoisotopic (exact) mass is 447 g/mol. The minimum atomic E-state index is 0.442. The van der Waals surface area contributed by atoms with E-state index in [0.29, 0.717) is 23.7 Å². The van der Waals surface area contributed by atoms with Gasteiger partial charge in [0.25, 0.3) is 0 Å². The van der Waals surface area contributed by atoms with Gasteiger partial charge >= 0.3 is 0 Å². The van der Waals surface area contributed by atoms with Crippen molar-refractivity contribution < 1.29 is 9.47 Å². The number of nitriles is 1. The predicted octanol–water partition coefficient (Wildman–Crippen LogP) is 6.72. The van der Waals surface area contributed by atoms with E-state index in [9.17, 15) is 5.26 Å². The number of ether oxygens (including phenoxy) is 2. The fraction of sp³-hybridized carbons (Fsp3) is 0.160. The summed E-state index contributed by atoms with van der Waals surface area (Å²) in [7, 11) is 1.61. The molecule has 3 aromatic carbocycles. The quantitative estimate of drug-likeness (QED) is 0.311. The molecule has 0 saturated heterocycles. The Kier molecular flexibility index (Phi) is 6.74. The van der Waals surface area contributed by atoms with Crippen molar-refractivity contribution in [1.82, 2.24) is 0 Å². The molecular formula is C25H22BrNO2. The van der Waals surface area contributed by atoms with Crippen molar-refractivity contribution in [2.45, 2.75) is 20.5 Å². The Morgan fingerprint density at radius 3 is 2.21 bits per heavy atom. The van der Waals surface area contributed by atoms with Gasteiger partial charge in [0.1, 0.15) is 6.61 Å². The number of hydrogen-bond donors (Lipinski definition) is 0. The normalized spacial score (nSPS) is 11.1. The van der Waals surface area contributed by atoms with Crippen molar-refractivity contribution in [1.29, 1.82) is 5.26 Å². The zero-order valence-corrected chi connectivity index (χ0v) is 18.3. The summed E-state index contributed by atoms with van der Waals surface area (Å²) in [4.78, 5) is 0. The van der Waals surface area contributed by atoms with Gasteiger partial charge in [-0.2, -0.15) is 5.26 Å². The molecule has 0 N–H and O–H groups in total. The third-order valence-electron chi connectivity index (χ3n) is 4.55. The summed E-state index contributed by atoms with van der Waals surface area (Å²) in [5.74, 6) is 1.25. The lowest BCUT2D eigenvalue weighted by atomic mass is 10.0. The number of aryl methyl sites for hydroxylation is 2. The fourth-order valence-corrected chi connectivity index (χ4v) is 3.46. The topological polar surface area (TPSA) is 42.2 Å². The van der Waals surface area contributed by atoms with E-state index in [1.54, 1.807) is 7.11 Å². The Balaban J connectivity index is 1.88. The number of hydrogen-bond acceptors (Lipinski definition) is 3. The van der Waals surface area contributed by atoms with E-state index in [2.05, 4.69) is 41.1 Å². The van der Waals surface area contributed by atoms with E-state index in [4.69, 9.17) is 9.47 Å². The van der Waals surface area contributed by atoms with Gasteiger partial charge < -0.3 is 9.47 Å². The van der Waals surface area contributed by atoms with Crippen molar-refractivity contribution in [2.24, 2.45) is 0 Å². The zero-order valence-electron chi connectivity index (χ0n) is 16.7. The number of nitrogens with zero attached hydrogens (tertiary/aromatic N) is 1. The minimum absolute atomic E-state index is 0.442. The van der Waals surface area contributed by atoms with Gasteiger partial charge in [0.15, 0.2) is 11.5 Å². The van der Waals surface area contributed by atoms with Gasteiger partial charge in [-0.15, -0.1) is 0 Å². The molecule has 0 aromatic heterocycles. The van der Waals surface area contributed by atoms with Crippen LogP contribution in [0.25, 0.3) is 11.6 Å². The zero-order chi connectivity index (χ0) is 20.8. The van der Waals surface area contributed by atoms with Crippen LogP contribution in [0.15, 0.2) is 65.1 Å². The highest BCUT2D eigenvalue weighted by atomic mass is 79.9. The molecule has 29 heavy (non-hydrogen) atoms. The lowest BCUT2D eigenvalue weighted by Crippen LogP contribution is -1.99. The Morgan fingerprint density at radius 1 is 1.00 bits per heavy atom. The van der Waals surface area contributed by atoms with Crippen LogP contribution in [-0.2, 0) is 6.61 Å². The highest BCUT2D eigenvalue weighted by Crippen LogP contribution is 2.38. The van der Waals surface area contributed by atoms with Crippen molar-refractivity contribution in [2.75, 3.05) is 7.11 Å². The van der Waals surface area contributed by atoms with Crippen LogP contribution in [0, 0.1) is 25.2 Å². The molecule has 0 radical (unpaired) electrons. The fourth-order valence-electron chi connectivity index (χ4n) is 2.88. The molecule has 4 heteroatoms. The first-order chi connectivity index (χ1) is 14.0.